The second kappa shape index (κ2) is 3.66. The molecule has 0 saturated carbocycles. The van der Waals surface area contributed by atoms with E-state index in [1.807, 2.05) is 27.7 Å². The van der Waals surface area contributed by atoms with Crippen molar-refractivity contribution in [3.63, 3.8) is 0 Å². The molecule has 1 heterocycles. The second-order valence-corrected chi connectivity index (χ2v) is 5.25. The molecule has 2 rings (SSSR count). The lowest BCUT2D eigenvalue weighted by atomic mass is 9.88. The fourth-order valence-corrected chi connectivity index (χ4v) is 2.35. The van der Waals surface area contributed by atoms with Crippen LogP contribution in [0.3, 0.4) is 0 Å². The summed E-state index contributed by atoms with van der Waals surface area (Å²) in [5.74, 6) is 0.889. The van der Waals surface area contributed by atoms with Gasteiger partial charge in [-0.2, -0.15) is 5.26 Å². The Bertz CT molecular complexity index is 520. The number of rotatable bonds is 0. The predicted octanol–water partition coefficient (Wildman–Crippen LogP) is 2.98. The summed E-state index contributed by atoms with van der Waals surface area (Å²) in [6.07, 6.45) is 1.81. The predicted molar refractivity (Wildman–Crippen MR) is 65.3 cm³/mol. The van der Waals surface area contributed by atoms with Crippen molar-refractivity contribution in [2.24, 2.45) is 0 Å². The Labute approximate surface area is 102 Å². The zero-order valence-electron chi connectivity index (χ0n) is 10.7. The summed E-state index contributed by atoms with van der Waals surface area (Å²) in [7, 11) is 0. The Morgan fingerprint density at radius 3 is 2.53 bits per heavy atom. The number of aromatic hydroxyl groups is 1. The van der Waals surface area contributed by atoms with Crippen LogP contribution in [0, 0.1) is 25.2 Å². The van der Waals surface area contributed by atoms with E-state index in [1.165, 1.54) is 0 Å². The van der Waals surface area contributed by atoms with Crippen LogP contribution >= 0.6 is 0 Å². The lowest BCUT2D eigenvalue weighted by Gasteiger charge is -2.34. The molecule has 1 aliphatic heterocycles. The van der Waals surface area contributed by atoms with E-state index in [-0.39, 0.29) is 11.4 Å². The molecule has 0 fully saturated rings. The Morgan fingerprint density at radius 2 is 1.94 bits per heavy atom. The van der Waals surface area contributed by atoms with E-state index in [1.54, 1.807) is 0 Å². The number of nitrogens with zero attached hydrogens (tertiary/aromatic N) is 1. The van der Waals surface area contributed by atoms with E-state index in [4.69, 9.17) is 10.00 Å². The van der Waals surface area contributed by atoms with Gasteiger partial charge < -0.3 is 9.84 Å². The molecule has 0 radical (unpaired) electrons. The van der Waals surface area contributed by atoms with Gasteiger partial charge in [-0.1, -0.05) is 0 Å². The molecule has 3 nitrogen and oxygen atoms in total. The standard InChI is InChI=1S/C14H17NO2/c1-8-10-5-6-14(3,4)17-13(10)9(2)11(7-15)12(8)16/h16H,5-6H2,1-4H3. The van der Waals surface area contributed by atoms with Gasteiger partial charge in [0.05, 0.1) is 0 Å². The second-order valence-electron chi connectivity index (χ2n) is 5.25. The molecule has 1 aliphatic rings. The maximum Gasteiger partial charge on any atom is 0.137 e. The number of fused-ring (bicyclic) bond motifs is 1. The van der Waals surface area contributed by atoms with Gasteiger partial charge in [-0.3, -0.25) is 0 Å². The topological polar surface area (TPSA) is 53.2 Å². The summed E-state index contributed by atoms with van der Waals surface area (Å²) in [6.45, 7) is 7.77. The minimum absolute atomic E-state index is 0.104. The lowest BCUT2D eigenvalue weighted by molar-refractivity contribution is 0.0832. The molecule has 0 saturated heterocycles. The van der Waals surface area contributed by atoms with Gasteiger partial charge in [0.1, 0.15) is 28.7 Å². The lowest BCUT2D eigenvalue weighted by Crippen LogP contribution is -2.33. The smallest absolute Gasteiger partial charge is 0.137 e. The number of phenols is 1. The molecule has 0 unspecified atom stereocenters. The van der Waals surface area contributed by atoms with Gasteiger partial charge >= 0.3 is 0 Å². The van der Waals surface area contributed by atoms with Crippen LogP contribution in [0.15, 0.2) is 0 Å². The van der Waals surface area contributed by atoms with Gasteiger partial charge in [0.15, 0.2) is 0 Å². The highest BCUT2D eigenvalue weighted by atomic mass is 16.5. The molecule has 1 N–H and O–H groups in total. The summed E-state index contributed by atoms with van der Waals surface area (Å²) in [4.78, 5) is 0. The van der Waals surface area contributed by atoms with Gasteiger partial charge in [-0.25, -0.2) is 0 Å². The third-order valence-corrected chi connectivity index (χ3v) is 3.50. The Morgan fingerprint density at radius 1 is 1.29 bits per heavy atom. The van der Waals surface area contributed by atoms with E-state index < -0.39 is 0 Å². The molecule has 0 aromatic heterocycles. The third kappa shape index (κ3) is 1.74. The van der Waals surface area contributed by atoms with Gasteiger partial charge in [0, 0.05) is 11.1 Å². The molecular formula is C14H17NO2. The quantitative estimate of drug-likeness (QED) is 0.746. The number of phenolic OH excluding ortho intramolecular Hbond substituents is 1. The van der Waals surface area contributed by atoms with Crippen molar-refractivity contribution in [2.45, 2.75) is 46.1 Å². The van der Waals surface area contributed by atoms with Crippen LogP contribution in [0.5, 0.6) is 11.5 Å². The number of hydrogen-bond acceptors (Lipinski definition) is 3. The molecule has 1 aromatic rings. The van der Waals surface area contributed by atoms with Crippen molar-refractivity contribution < 1.29 is 9.84 Å². The number of hydrogen-bond donors (Lipinski definition) is 1. The van der Waals surface area contributed by atoms with Crippen LogP contribution in [0.1, 0.15) is 42.5 Å². The van der Waals surface area contributed by atoms with Crippen LogP contribution in [-0.2, 0) is 6.42 Å². The molecular weight excluding hydrogens is 214 g/mol. The van der Waals surface area contributed by atoms with Crippen LogP contribution in [-0.4, -0.2) is 10.7 Å². The maximum absolute atomic E-state index is 9.99. The summed E-state index contributed by atoms with van der Waals surface area (Å²) < 4.78 is 5.97. The Balaban J connectivity index is 2.71. The SMILES string of the molecule is Cc1c(O)c(C#N)c(C)c2c1CCC(C)(C)O2. The van der Waals surface area contributed by atoms with Crippen molar-refractivity contribution in [3.8, 4) is 17.6 Å². The molecule has 0 atom stereocenters. The first kappa shape index (κ1) is 11.8. The van der Waals surface area contributed by atoms with Crippen molar-refractivity contribution >= 4 is 0 Å². The monoisotopic (exact) mass is 231 g/mol. The zero-order chi connectivity index (χ0) is 12.8. The largest absolute Gasteiger partial charge is 0.506 e. The maximum atomic E-state index is 9.99. The molecule has 90 valence electrons. The molecule has 0 spiro atoms. The number of nitriles is 1. The molecule has 0 aliphatic carbocycles. The van der Waals surface area contributed by atoms with E-state index in [0.29, 0.717) is 5.56 Å². The van der Waals surface area contributed by atoms with E-state index >= 15 is 0 Å². The van der Waals surface area contributed by atoms with Gasteiger partial charge in [-0.05, 0) is 46.1 Å². The molecule has 17 heavy (non-hydrogen) atoms. The van der Waals surface area contributed by atoms with Gasteiger partial charge in [-0.15, -0.1) is 0 Å². The fraction of sp³-hybridized carbons (Fsp3) is 0.500. The van der Waals surface area contributed by atoms with Crippen molar-refractivity contribution in [3.05, 3.63) is 22.3 Å². The molecule has 3 heteroatoms. The van der Waals surface area contributed by atoms with Gasteiger partial charge in [0.2, 0.25) is 0 Å². The number of benzene rings is 1. The first-order chi connectivity index (χ1) is 7.87. The van der Waals surface area contributed by atoms with E-state index in [2.05, 4.69) is 6.07 Å². The zero-order valence-corrected chi connectivity index (χ0v) is 10.7. The van der Waals surface area contributed by atoms with Crippen LogP contribution in [0.2, 0.25) is 0 Å². The summed E-state index contributed by atoms with van der Waals surface area (Å²) in [5, 5.41) is 19.1. The highest BCUT2D eigenvalue weighted by Gasteiger charge is 2.31. The summed E-state index contributed by atoms with van der Waals surface area (Å²) in [6, 6.07) is 2.05. The molecule has 1 aromatic carbocycles. The third-order valence-electron chi connectivity index (χ3n) is 3.50. The van der Waals surface area contributed by atoms with Gasteiger partial charge in [0.25, 0.3) is 0 Å². The highest BCUT2D eigenvalue weighted by Crippen LogP contribution is 2.42. The average molecular weight is 231 g/mol. The van der Waals surface area contributed by atoms with E-state index in [0.717, 1.165) is 35.3 Å². The summed E-state index contributed by atoms with van der Waals surface area (Å²) >= 11 is 0. The highest BCUT2D eigenvalue weighted by molar-refractivity contribution is 5.62. The normalized spacial score (nSPS) is 16.9. The Kier molecular flexibility index (Phi) is 2.54. The van der Waals surface area contributed by atoms with Crippen LogP contribution in [0.25, 0.3) is 0 Å². The molecule has 0 amide bonds. The van der Waals surface area contributed by atoms with Crippen molar-refractivity contribution in [2.75, 3.05) is 0 Å². The summed E-state index contributed by atoms with van der Waals surface area (Å²) in [5.41, 5.74) is 2.70. The Hall–Kier alpha value is -1.69. The average Bonchev–Trinajstić information content (AvgIpc) is 2.26. The van der Waals surface area contributed by atoms with Crippen LogP contribution in [0.4, 0.5) is 0 Å². The first-order valence-corrected chi connectivity index (χ1v) is 5.81. The number of ether oxygens (including phenoxy) is 1. The minimum atomic E-state index is -0.200. The van der Waals surface area contributed by atoms with Crippen molar-refractivity contribution in [1.29, 1.82) is 5.26 Å². The fourth-order valence-electron chi connectivity index (χ4n) is 2.35. The minimum Gasteiger partial charge on any atom is -0.506 e. The van der Waals surface area contributed by atoms with Crippen LogP contribution < -0.4 is 4.74 Å². The van der Waals surface area contributed by atoms with Crippen molar-refractivity contribution in [1.82, 2.24) is 0 Å². The van der Waals surface area contributed by atoms with E-state index in [9.17, 15) is 5.11 Å². The molecule has 0 bridgehead atoms. The first-order valence-electron chi connectivity index (χ1n) is 5.81.